The molecule has 1 atom stereocenters. The fourth-order valence-corrected chi connectivity index (χ4v) is 3.65. The summed E-state index contributed by atoms with van der Waals surface area (Å²) in [6, 6.07) is 0.266. The molecule has 1 spiro atoms. The summed E-state index contributed by atoms with van der Waals surface area (Å²) in [6.07, 6.45) is 2.41. The third-order valence-electron chi connectivity index (χ3n) is 3.58. The molecule has 3 rings (SSSR count). The van der Waals surface area contributed by atoms with Crippen molar-refractivity contribution in [1.82, 2.24) is 15.5 Å². The van der Waals surface area contributed by atoms with Gasteiger partial charge in [-0.1, -0.05) is 11.3 Å². The highest BCUT2D eigenvalue weighted by atomic mass is 79.9. The second kappa shape index (κ2) is 3.91. The Labute approximate surface area is 112 Å². The summed E-state index contributed by atoms with van der Waals surface area (Å²) in [6.45, 7) is 3.42. The van der Waals surface area contributed by atoms with E-state index in [1.54, 1.807) is 18.3 Å². The maximum atomic E-state index is 11.2. The van der Waals surface area contributed by atoms with E-state index < -0.39 is 0 Å². The van der Waals surface area contributed by atoms with Crippen LogP contribution in [0.1, 0.15) is 19.8 Å². The number of hydrogen-bond acceptors (Lipinski definition) is 5. The van der Waals surface area contributed by atoms with Crippen molar-refractivity contribution in [3.63, 3.8) is 0 Å². The largest absolute Gasteiger partial charge is 0.351 e. The summed E-state index contributed by atoms with van der Waals surface area (Å²) >= 11 is 4.87. The Morgan fingerprint density at radius 3 is 2.88 bits per heavy atom. The Bertz CT molecular complexity index is 459. The average molecular weight is 317 g/mol. The lowest BCUT2D eigenvalue weighted by Crippen LogP contribution is -2.40. The third kappa shape index (κ3) is 2.06. The summed E-state index contributed by atoms with van der Waals surface area (Å²) in [5, 5.41) is 12.1. The number of anilines is 1. The molecule has 1 aromatic rings. The third-order valence-corrected chi connectivity index (χ3v) is 4.99. The number of amides is 1. The van der Waals surface area contributed by atoms with Gasteiger partial charge < -0.3 is 10.2 Å². The molecule has 0 radical (unpaired) electrons. The molecule has 1 N–H and O–H groups in total. The lowest BCUT2D eigenvalue weighted by atomic mass is 10.0. The van der Waals surface area contributed by atoms with Gasteiger partial charge in [-0.05, 0) is 28.8 Å². The summed E-state index contributed by atoms with van der Waals surface area (Å²) in [5.74, 6) is 0.0570. The molecule has 2 heterocycles. The van der Waals surface area contributed by atoms with Crippen LogP contribution in [0.2, 0.25) is 0 Å². The molecular weight excluding hydrogens is 304 g/mol. The molecule has 1 aliphatic heterocycles. The van der Waals surface area contributed by atoms with Gasteiger partial charge in [-0.3, -0.25) is 4.79 Å². The maximum Gasteiger partial charge on any atom is 0.217 e. The molecule has 0 bridgehead atoms. The highest BCUT2D eigenvalue weighted by Crippen LogP contribution is 2.53. The number of carbonyl (C=O) groups excluding carboxylic acids is 1. The normalized spacial score (nSPS) is 25.3. The number of carbonyl (C=O) groups is 1. The van der Waals surface area contributed by atoms with Gasteiger partial charge in [0.15, 0.2) is 3.92 Å². The SMILES string of the molecule is CC(=O)N[C@@H]1CN(c2nnc(Br)s2)CC12CC2. The summed E-state index contributed by atoms with van der Waals surface area (Å²) in [4.78, 5) is 13.4. The van der Waals surface area contributed by atoms with Crippen LogP contribution >= 0.6 is 27.3 Å². The summed E-state index contributed by atoms with van der Waals surface area (Å²) in [7, 11) is 0. The van der Waals surface area contributed by atoms with Crippen molar-refractivity contribution in [1.29, 1.82) is 0 Å². The van der Waals surface area contributed by atoms with Crippen LogP contribution in [-0.2, 0) is 4.79 Å². The van der Waals surface area contributed by atoms with Crippen LogP contribution in [-0.4, -0.2) is 35.2 Å². The van der Waals surface area contributed by atoms with Crippen molar-refractivity contribution in [2.45, 2.75) is 25.8 Å². The van der Waals surface area contributed by atoms with Gasteiger partial charge in [0.05, 0.1) is 6.04 Å². The molecule has 1 aliphatic carbocycles. The van der Waals surface area contributed by atoms with E-state index in [0.717, 1.165) is 22.1 Å². The van der Waals surface area contributed by atoms with Crippen molar-refractivity contribution >= 4 is 38.3 Å². The maximum absolute atomic E-state index is 11.2. The molecule has 1 saturated carbocycles. The van der Waals surface area contributed by atoms with Crippen molar-refractivity contribution in [3.8, 4) is 0 Å². The quantitative estimate of drug-likeness (QED) is 0.896. The van der Waals surface area contributed by atoms with Crippen LogP contribution in [0.4, 0.5) is 5.13 Å². The van der Waals surface area contributed by atoms with E-state index in [2.05, 4.69) is 36.3 Å². The van der Waals surface area contributed by atoms with E-state index >= 15 is 0 Å². The minimum atomic E-state index is 0.0570. The molecule has 7 heteroatoms. The Morgan fingerprint density at radius 1 is 1.59 bits per heavy atom. The Hall–Kier alpha value is -0.690. The number of nitrogens with one attached hydrogen (secondary N) is 1. The zero-order chi connectivity index (χ0) is 12.0. The van der Waals surface area contributed by atoms with Crippen LogP contribution in [0, 0.1) is 5.41 Å². The van der Waals surface area contributed by atoms with Crippen LogP contribution in [0.15, 0.2) is 3.92 Å². The highest BCUT2D eigenvalue weighted by Gasteiger charge is 2.55. The summed E-state index contributed by atoms with van der Waals surface area (Å²) < 4.78 is 0.806. The van der Waals surface area contributed by atoms with Crippen LogP contribution < -0.4 is 10.2 Å². The van der Waals surface area contributed by atoms with Gasteiger partial charge in [-0.2, -0.15) is 0 Å². The van der Waals surface area contributed by atoms with Gasteiger partial charge in [0.1, 0.15) is 0 Å². The Morgan fingerprint density at radius 2 is 2.35 bits per heavy atom. The fourth-order valence-electron chi connectivity index (χ4n) is 2.55. The predicted molar refractivity (Wildman–Crippen MR) is 69.1 cm³/mol. The van der Waals surface area contributed by atoms with E-state index in [-0.39, 0.29) is 11.9 Å². The van der Waals surface area contributed by atoms with Crippen molar-refractivity contribution in [3.05, 3.63) is 3.92 Å². The van der Waals surface area contributed by atoms with Gasteiger partial charge in [-0.25, -0.2) is 0 Å². The molecule has 17 heavy (non-hydrogen) atoms. The van der Waals surface area contributed by atoms with Gasteiger partial charge in [0.25, 0.3) is 0 Å². The molecular formula is C10H13BrN4OS. The number of halogens is 1. The first-order valence-corrected chi connectivity index (χ1v) is 7.21. The number of hydrogen-bond donors (Lipinski definition) is 1. The molecule has 1 amide bonds. The van der Waals surface area contributed by atoms with E-state index in [1.165, 1.54) is 12.8 Å². The molecule has 1 aromatic heterocycles. The van der Waals surface area contributed by atoms with E-state index in [9.17, 15) is 4.79 Å². The minimum absolute atomic E-state index is 0.0570. The standard InChI is InChI=1S/C10H13BrN4OS/c1-6(16)12-7-4-15(5-10(7)2-3-10)9-14-13-8(11)17-9/h7H,2-5H2,1H3,(H,12,16)/t7-/m1/s1. The van der Waals surface area contributed by atoms with E-state index in [4.69, 9.17) is 0 Å². The molecule has 0 aromatic carbocycles. The highest BCUT2D eigenvalue weighted by molar-refractivity contribution is 9.11. The Kier molecular flexibility index (Phi) is 2.62. The molecule has 0 unspecified atom stereocenters. The topological polar surface area (TPSA) is 58.1 Å². The van der Waals surface area contributed by atoms with E-state index in [0.29, 0.717) is 5.41 Å². The molecule has 2 aliphatic rings. The minimum Gasteiger partial charge on any atom is -0.351 e. The zero-order valence-electron chi connectivity index (χ0n) is 9.44. The van der Waals surface area contributed by atoms with Crippen molar-refractivity contribution in [2.24, 2.45) is 5.41 Å². The monoisotopic (exact) mass is 316 g/mol. The first-order chi connectivity index (χ1) is 8.09. The number of rotatable bonds is 2. The first kappa shape index (κ1) is 11.4. The molecule has 2 fully saturated rings. The van der Waals surface area contributed by atoms with E-state index in [1.807, 2.05) is 0 Å². The van der Waals surface area contributed by atoms with Crippen molar-refractivity contribution < 1.29 is 4.79 Å². The first-order valence-electron chi connectivity index (χ1n) is 5.60. The average Bonchev–Trinajstić information content (AvgIpc) is 2.76. The second-order valence-electron chi connectivity index (χ2n) is 4.83. The van der Waals surface area contributed by atoms with Gasteiger partial charge >= 0.3 is 0 Å². The molecule has 5 nitrogen and oxygen atoms in total. The van der Waals surface area contributed by atoms with Gasteiger partial charge in [0.2, 0.25) is 11.0 Å². The van der Waals surface area contributed by atoms with Crippen LogP contribution in [0.5, 0.6) is 0 Å². The van der Waals surface area contributed by atoms with Gasteiger partial charge in [-0.15, -0.1) is 10.2 Å². The van der Waals surface area contributed by atoms with Crippen LogP contribution in [0.3, 0.4) is 0 Å². The predicted octanol–water partition coefficient (Wildman–Crippen LogP) is 1.41. The number of nitrogens with zero attached hydrogens (tertiary/aromatic N) is 3. The lowest BCUT2D eigenvalue weighted by Gasteiger charge is -2.16. The second-order valence-corrected chi connectivity index (χ2v) is 7.07. The Balaban J connectivity index is 1.76. The molecule has 1 saturated heterocycles. The van der Waals surface area contributed by atoms with Gasteiger partial charge in [0, 0.05) is 25.4 Å². The number of aromatic nitrogens is 2. The fraction of sp³-hybridized carbons (Fsp3) is 0.700. The lowest BCUT2D eigenvalue weighted by molar-refractivity contribution is -0.119. The summed E-state index contributed by atoms with van der Waals surface area (Å²) in [5.41, 5.74) is 0.295. The smallest absolute Gasteiger partial charge is 0.217 e. The van der Waals surface area contributed by atoms with Crippen LogP contribution in [0.25, 0.3) is 0 Å². The molecule has 92 valence electrons. The zero-order valence-corrected chi connectivity index (χ0v) is 11.8. The van der Waals surface area contributed by atoms with Crippen molar-refractivity contribution in [2.75, 3.05) is 18.0 Å².